The van der Waals surface area contributed by atoms with E-state index in [2.05, 4.69) is 29.6 Å². The number of carbonyl (C=O) groups excluding carboxylic acids is 4. The van der Waals surface area contributed by atoms with Crippen LogP contribution in [-0.4, -0.2) is 65.5 Å². The standard InChI is InChI=1S/C39H35ClFN3O5/c1-43(24-28-22-31-32(23-33(28)41)39(48)44(38(31)47)34-16-17-35(45)42-37(34)46)20-21-49-29-14-12-27(13-15-29)36(26-10-6-3-7-11-26)30(18-19-40)25-8-4-2-5-9-25/h2-15,22-23,34H,16-21,24H2,1H3,(H,42,45,46). The molecule has 0 spiro atoms. The molecule has 1 saturated heterocycles. The number of hydrogen-bond donors (Lipinski definition) is 1. The van der Waals surface area contributed by atoms with Crippen LogP contribution in [0.3, 0.4) is 0 Å². The Balaban J connectivity index is 1.11. The second-order valence-corrected chi connectivity index (χ2v) is 12.4. The van der Waals surface area contributed by atoms with Crippen LogP contribution in [0.15, 0.2) is 97.1 Å². The zero-order chi connectivity index (χ0) is 34.5. The lowest BCUT2D eigenvalue weighted by Crippen LogP contribution is -2.54. The summed E-state index contributed by atoms with van der Waals surface area (Å²) in [5, 5.41) is 2.16. The van der Waals surface area contributed by atoms with Crippen LogP contribution in [0.2, 0.25) is 0 Å². The maximum Gasteiger partial charge on any atom is 0.262 e. The molecule has 10 heteroatoms. The molecule has 0 saturated carbocycles. The van der Waals surface area contributed by atoms with Gasteiger partial charge in [-0.2, -0.15) is 0 Å². The molecule has 2 aliphatic rings. The number of benzene rings is 4. The molecule has 49 heavy (non-hydrogen) atoms. The Hall–Kier alpha value is -5.12. The Morgan fingerprint density at radius 1 is 0.878 bits per heavy atom. The normalized spacial score (nSPS) is 16.5. The zero-order valence-corrected chi connectivity index (χ0v) is 27.7. The first kappa shape index (κ1) is 33.8. The SMILES string of the molecule is CN(CCOc1ccc(C(=C(CCCl)c2ccccc2)c2ccccc2)cc1)Cc1cc2c(cc1F)C(=O)N(C1CCC(=O)NC1=O)C2=O. The first-order chi connectivity index (χ1) is 23.7. The number of alkyl halides is 1. The van der Waals surface area contributed by atoms with Gasteiger partial charge in [-0.1, -0.05) is 72.8 Å². The van der Waals surface area contributed by atoms with Crippen LogP contribution in [0.1, 0.15) is 62.2 Å². The minimum Gasteiger partial charge on any atom is -0.492 e. The molecule has 8 nitrogen and oxygen atoms in total. The molecule has 4 amide bonds. The highest BCUT2D eigenvalue weighted by Crippen LogP contribution is 2.35. The van der Waals surface area contributed by atoms with E-state index in [0.717, 1.165) is 38.8 Å². The smallest absolute Gasteiger partial charge is 0.262 e. The molecule has 0 aliphatic carbocycles. The molecular weight excluding hydrogens is 645 g/mol. The van der Waals surface area contributed by atoms with Crippen LogP contribution < -0.4 is 10.1 Å². The molecule has 1 fully saturated rings. The van der Waals surface area contributed by atoms with Crippen molar-refractivity contribution in [2.75, 3.05) is 26.1 Å². The summed E-state index contributed by atoms with van der Waals surface area (Å²) in [7, 11) is 1.81. The van der Waals surface area contributed by atoms with Crippen molar-refractivity contribution in [2.45, 2.75) is 31.8 Å². The number of piperidine rings is 1. The highest BCUT2D eigenvalue weighted by molar-refractivity contribution is 6.23. The lowest BCUT2D eigenvalue weighted by atomic mass is 9.88. The van der Waals surface area contributed by atoms with Crippen LogP contribution in [0.5, 0.6) is 5.75 Å². The first-order valence-electron chi connectivity index (χ1n) is 16.1. The van der Waals surface area contributed by atoms with Gasteiger partial charge in [0.15, 0.2) is 0 Å². The van der Waals surface area contributed by atoms with Crippen molar-refractivity contribution in [3.05, 3.63) is 136 Å². The van der Waals surface area contributed by atoms with Gasteiger partial charge >= 0.3 is 0 Å². The van der Waals surface area contributed by atoms with E-state index in [1.165, 1.54) is 6.07 Å². The summed E-state index contributed by atoms with van der Waals surface area (Å²) in [5.41, 5.74) is 5.71. The van der Waals surface area contributed by atoms with Gasteiger partial charge in [-0.05, 0) is 72.0 Å². The van der Waals surface area contributed by atoms with E-state index < -0.39 is 35.5 Å². The number of nitrogens with zero attached hydrogens (tertiary/aromatic N) is 2. The summed E-state index contributed by atoms with van der Waals surface area (Å²) in [6.07, 6.45) is 0.744. The van der Waals surface area contributed by atoms with Crippen molar-refractivity contribution < 1.29 is 28.3 Å². The number of imide groups is 2. The summed E-state index contributed by atoms with van der Waals surface area (Å²) in [4.78, 5) is 52.7. The van der Waals surface area contributed by atoms with E-state index in [4.69, 9.17) is 16.3 Å². The number of nitrogens with one attached hydrogen (secondary N) is 1. The number of halogens is 2. The van der Waals surface area contributed by atoms with Gasteiger partial charge in [-0.25, -0.2) is 4.39 Å². The van der Waals surface area contributed by atoms with Crippen molar-refractivity contribution >= 4 is 46.4 Å². The number of fused-ring (bicyclic) bond motifs is 1. The molecular formula is C39H35ClFN3O5. The minimum atomic E-state index is -1.11. The van der Waals surface area contributed by atoms with Crippen LogP contribution in [0.25, 0.3) is 11.1 Å². The van der Waals surface area contributed by atoms with E-state index in [1.807, 2.05) is 65.6 Å². The average Bonchev–Trinajstić information content (AvgIpc) is 3.34. The Morgan fingerprint density at radius 3 is 2.12 bits per heavy atom. The summed E-state index contributed by atoms with van der Waals surface area (Å²) < 4.78 is 21.2. The largest absolute Gasteiger partial charge is 0.492 e. The van der Waals surface area contributed by atoms with E-state index in [0.29, 0.717) is 31.2 Å². The van der Waals surface area contributed by atoms with Gasteiger partial charge in [0.05, 0.1) is 11.1 Å². The van der Waals surface area contributed by atoms with Gasteiger partial charge in [0, 0.05) is 31.0 Å². The van der Waals surface area contributed by atoms with Crippen LogP contribution >= 0.6 is 11.6 Å². The summed E-state index contributed by atoms with van der Waals surface area (Å²) >= 11 is 6.28. The van der Waals surface area contributed by atoms with Crippen molar-refractivity contribution in [1.82, 2.24) is 15.1 Å². The Labute approximate surface area is 289 Å². The third kappa shape index (κ3) is 7.33. The Kier molecular flexibility index (Phi) is 10.3. The number of hydrogen-bond acceptors (Lipinski definition) is 6. The number of likely N-dealkylation sites (N-methyl/N-ethyl adjacent to an activating group) is 1. The van der Waals surface area contributed by atoms with E-state index >= 15 is 4.39 Å². The molecule has 0 radical (unpaired) electrons. The second-order valence-electron chi connectivity index (χ2n) is 12.1. The molecule has 0 bridgehead atoms. The van der Waals surface area contributed by atoms with Crippen molar-refractivity contribution in [2.24, 2.45) is 0 Å². The lowest BCUT2D eigenvalue weighted by molar-refractivity contribution is -0.136. The quantitative estimate of drug-likeness (QED) is 0.107. The monoisotopic (exact) mass is 679 g/mol. The lowest BCUT2D eigenvalue weighted by Gasteiger charge is -2.27. The van der Waals surface area contributed by atoms with E-state index in [-0.39, 0.29) is 36.1 Å². The minimum absolute atomic E-state index is 0.00988. The van der Waals surface area contributed by atoms with Gasteiger partial charge < -0.3 is 4.74 Å². The van der Waals surface area contributed by atoms with Crippen molar-refractivity contribution in [3.8, 4) is 5.75 Å². The first-order valence-corrected chi connectivity index (χ1v) is 16.6. The Morgan fingerprint density at radius 2 is 1.49 bits per heavy atom. The van der Waals surface area contributed by atoms with Crippen molar-refractivity contribution in [3.63, 3.8) is 0 Å². The third-order valence-corrected chi connectivity index (χ3v) is 8.95. The number of rotatable bonds is 12. The second kappa shape index (κ2) is 15.0. The van der Waals surface area contributed by atoms with E-state index in [9.17, 15) is 19.2 Å². The fraction of sp³-hybridized carbons (Fsp3) is 0.231. The molecule has 4 aromatic carbocycles. The zero-order valence-electron chi connectivity index (χ0n) is 27.0. The number of carbonyl (C=O) groups is 4. The maximum atomic E-state index is 15.2. The molecule has 0 aromatic heterocycles. The molecule has 250 valence electrons. The number of ether oxygens (including phenoxy) is 1. The number of allylic oxidation sites excluding steroid dienone is 1. The van der Waals surface area contributed by atoms with Gasteiger partial charge in [0.25, 0.3) is 11.8 Å². The third-order valence-electron chi connectivity index (χ3n) is 8.76. The predicted molar refractivity (Wildman–Crippen MR) is 185 cm³/mol. The topological polar surface area (TPSA) is 96.0 Å². The summed E-state index contributed by atoms with van der Waals surface area (Å²) in [6.45, 7) is 0.942. The van der Waals surface area contributed by atoms with Gasteiger partial charge in [0.2, 0.25) is 11.8 Å². The molecule has 1 atom stereocenters. The van der Waals surface area contributed by atoms with Crippen molar-refractivity contribution in [1.29, 1.82) is 0 Å². The summed E-state index contributed by atoms with van der Waals surface area (Å²) in [6, 6.07) is 29.7. The van der Waals surface area contributed by atoms with Crippen LogP contribution in [0, 0.1) is 5.82 Å². The summed E-state index contributed by atoms with van der Waals surface area (Å²) in [5.74, 6) is -2.04. The molecule has 1 unspecified atom stereocenters. The van der Waals surface area contributed by atoms with E-state index in [1.54, 1.807) is 7.05 Å². The highest BCUT2D eigenvalue weighted by atomic mass is 35.5. The molecule has 6 rings (SSSR count). The molecule has 2 heterocycles. The molecule has 4 aromatic rings. The highest BCUT2D eigenvalue weighted by Gasteiger charge is 2.45. The fourth-order valence-corrected chi connectivity index (χ4v) is 6.52. The van der Waals surface area contributed by atoms with Gasteiger partial charge in [0.1, 0.15) is 24.2 Å². The molecule has 2 aliphatic heterocycles. The van der Waals surface area contributed by atoms with Gasteiger partial charge in [-0.3, -0.25) is 34.3 Å². The van der Waals surface area contributed by atoms with Crippen LogP contribution in [0.4, 0.5) is 4.39 Å². The predicted octanol–water partition coefficient (Wildman–Crippen LogP) is 6.33. The van der Waals surface area contributed by atoms with Crippen LogP contribution in [-0.2, 0) is 16.1 Å². The fourth-order valence-electron chi connectivity index (χ4n) is 6.33. The maximum absolute atomic E-state index is 15.2. The number of amides is 4. The average molecular weight is 680 g/mol. The molecule has 1 N–H and O–H groups in total. The van der Waals surface area contributed by atoms with Gasteiger partial charge in [-0.15, -0.1) is 11.6 Å². The Bertz CT molecular complexity index is 1910.